The van der Waals surface area contributed by atoms with E-state index in [1.54, 1.807) is 12.1 Å². The van der Waals surface area contributed by atoms with Crippen LogP contribution in [0.25, 0.3) is 0 Å². The Morgan fingerprint density at radius 2 is 0.885 bits per heavy atom. The number of nitrogen functional groups attached to an aromatic ring is 2. The number of rotatable bonds is 22. The summed E-state index contributed by atoms with van der Waals surface area (Å²) in [6, 6.07) is 22.2. The summed E-state index contributed by atoms with van der Waals surface area (Å²) in [5, 5.41) is 0. The number of hydrogen-bond acceptors (Lipinski definition) is 8. The molecule has 4 aromatic carbocycles. The van der Waals surface area contributed by atoms with Crippen molar-refractivity contribution in [1.82, 2.24) is 0 Å². The van der Waals surface area contributed by atoms with Gasteiger partial charge in [-0.1, -0.05) is 139 Å². The zero-order chi connectivity index (χ0) is 36.7. The molecule has 8 heteroatoms. The number of ketones is 2. The van der Waals surface area contributed by atoms with Crippen LogP contribution in [0.1, 0.15) is 136 Å². The van der Waals surface area contributed by atoms with Crippen LogP contribution >= 0.6 is 23.5 Å². The fourth-order valence-electron chi connectivity index (χ4n) is 6.50. The van der Waals surface area contributed by atoms with Crippen LogP contribution < -0.4 is 20.9 Å². The first-order valence-electron chi connectivity index (χ1n) is 19.2. The van der Waals surface area contributed by atoms with Crippen LogP contribution in [0.2, 0.25) is 0 Å². The van der Waals surface area contributed by atoms with Crippen LogP contribution in [-0.2, 0) is 0 Å². The SMILES string of the molecule is CCCCCCCCCOc1ccc(Sc2cccc3c2C(=O)c2c(Sc4ccc(OCCCCCCCCC)cc4N)cccc2C3=O)c(N)c1. The maximum Gasteiger partial charge on any atom is 0.196 e. The number of carbonyl (C=O) groups excluding carboxylic acids is 2. The van der Waals surface area contributed by atoms with E-state index in [2.05, 4.69) is 13.8 Å². The van der Waals surface area contributed by atoms with Crippen LogP contribution in [0.3, 0.4) is 0 Å². The molecule has 0 spiro atoms. The van der Waals surface area contributed by atoms with E-state index in [9.17, 15) is 9.59 Å². The summed E-state index contributed by atoms with van der Waals surface area (Å²) in [7, 11) is 0. The Morgan fingerprint density at radius 3 is 1.29 bits per heavy atom. The van der Waals surface area contributed by atoms with Crippen molar-refractivity contribution >= 4 is 46.5 Å². The molecule has 0 bridgehead atoms. The summed E-state index contributed by atoms with van der Waals surface area (Å²) in [5.74, 6) is 1.12. The van der Waals surface area contributed by atoms with Crippen molar-refractivity contribution < 1.29 is 19.1 Å². The van der Waals surface area contributed by atoms with Gasteiger partial charge in [-0.25, -0.2) is 0 Å². The number of unbranched alkanes of at least 4 members (excludes halogenated alkanes) is 12. The van der Waals surface area contributed by atoms with Crippen molar-refractivity contribution in [2.24, 2.45) is 0 Å². The Bertz CT molecular complexity index is 1680. The number of anilines is 2. The molecule has 0 saturated carbocycles. The molecule has 1 aliphatic carbocycles. The smallest absolute Gasteiger partial charge is 0.196 e. The van der Waals surface area contributed by atoms with Crippen molar-refractivity contribution in [1.29, 1.82) is 0 Å². The standard InChI is InChI=1S/C44H54N2O4S2/c1-3-5-7-9-11-13-15-27-49-31-23-25-37(35(45)29-31)51-39-21-17-19-33-41(39)44(48)42-34(43(33)47)20-18-22-40(42)52-38-26-24-32(30-36(38)46)50-28-16-14-12-10-8-6-4-2/h17-26,29-30H,3-16,27-28,45-46H2,1-2H3. The van der Waals surface area contributed by atoms with Crippen molar-refractivity contribution in [3.05, 3.63) is 95.1 Å². The Kier molecular flexibility index (Phi) is 15.4. The fraction of sp³-hybridized carbons (Fsp3) is 0.409. The molecule has 5 rings (SSSR count). The van der Waals surface area contributed by atoms with Crippen LogP contribution in [0, 0.1) is 0 Å². The largest absolute Gasteiger partial charge is 0.494 e. The molecule has 0 aromatic heterocycles. The van der Waals surface area contributed by atoms with Gasteiger partial charge in [0.1, 0.15) is 11.5 Å². The highest BCUT2D eigenvalue weighted by molar-refractivity contribution is 8.00. The van der Waals surface area contributed by atoms with Gasteiger partial charge >= 0.3 is 0 Å². The summed E-state index contributed by atoms with van der Waals surface area (Å²) in [6.07, 6.45) is 17.2. The van der Waals surface area contributed by atoms with Crippen LogP contribution in [-0.4, -0.2) is 24.8 Å². The molecule has 6 nitrogen and oxygen atoms in total. The van der Waals surface area contributed by atoms with Gasteiger partial charge in [0.25, 0.3) is 0 Å². The number of nitrogens with two attached hydrogens (primary N) is 2. The molecule has 52 heavy (non-hydrogen) atoms. The van der Waals surface area contributed by atoms with Gasteiger partial charge in [0.2, 0.25) is 0 Å². The second-order valence-corrected chi connectivity index (χ2v) is 15.7. The highest BCUT2D eigenvalue weighted by Crippen LogP contribution is 2.44. The normalized spacial score (nSPS) is 12.1. The average Bonchev–Trinajstić information content (AvgIpc) is 3.14. The molecule has 0 amide bonds. The van der Waals surface area contributed by atoms with Gasteiger partial charge in [-0.05, 0) is 49.2 Å². The molecule has 0 unspecified atom stereocenters. The molecule has 0 saturated heterocycles. The van der Waals surface area contributed by atoms with E-state index in [0.29, 0.717) is 56.6 Å². The van der Waals surface area contributed by atoms with Crippen molar-refractivity contribution in [3.63, 3.8) is 0 Å². The number of hydrogen-bond donors (Lipinski definition) is 2. The average molecular weight is 739 g/mol. The maximum atomic E-state index is 14.4. The van der Waals surface area contributed by atoms with E-state index >= 15 is 0 Å². The van der Waals surface area contributed by atoms with Crippen LogP contribution in [0.5, 0.6) is 11.5 Å². The first kappa shape index (κ1) is 39.3. The minimum absolute atomic E-state index is 0.168. The lowest BCUT2D eigenvalue weighted by atomic mass is 9.84. The second-order valence-electron chi connectivity index (χ2n) is 13.6. The lowest BCUT2D eigenvalue weighted by Crippen LogP contribution is -2.22. The van der Waals surface area contributed by atoms with Gasteiger partial charge in [-0.3, -0.25) is 9.59 Å². The third kappa shape index (κ3) is 10.6. The van der Waals surface area contributed by atoms with Crippen LogP contribution in [0.4, 0.5) is 11.4 Å². The van der Waals surface area contributed by atoms with Crippen molar-refractivity contribution in [2.75, 3.05) is 24.7 Å². The first-order valence-corrected chi connectivity index (χ1v) is 20.8. The lowest BCUT2D eigenvalue weighted by Gasteiger charge is -2.22. The Labute approximate surface area is 318 Å². The lowest BCUT2D eigenvalue weighted by molar-refractivity contribution is 0.0974. The minimum Gasteiger partial charge on any atom is -0.494 e. The fourth-order valence-corrected chi connectivity index (χ4v) is 8.51. The third-order valence-corrected chi connectivity index (χ3v) is 11.7. The summed E-state index contributed by atoms with van der Waals surface area (Å²) in [6.45, 7) is 5.78. The predicted octanol–water partition coefficient (Wildman–Crippen LogP) is 12.2. The van der Waals surface area contributed by atoms with Gasteiger partial charge < -0.3 is 20.9 Å². The minimum atomic E-state index is -0.183. The predicted molar refractivity (Wildman–Crippen MR) is 217 cm³/mol. The topological polar surface area (TPSA) is 105 Å². The highest BCUT2D eigenvalue weighted by atomic mass is 32.2. The van der Waals surface area contributed by atoms with Gasteiger partial charge in [0, 0.05) is 65.3 Å². The summed E-state index contributed by atoms with van der Waals surface area (Å²) < 4.78 is 12.0. The first-order chi connectivity index (χ1) is 25.4. The molecule has 0 aliphatic heterocycles. The maximum absolute atomic E-state index is 14.4. The van der Waals surface area contributed by atoms with E-state index < -0.39 is 0 Å². The molecule has 0 radical (unpaired) electrons. The van der Waals surface area contributed by atoms with Gasteiger partial charge in [0.05, 0.1) is 13.2 Å². The highest BCUT2D eigenvalue weighted by Gasteiger charge is 2.34. The van der Waals surface area contributed by atoms with Gasteiger partial charge in [-0.2, -0.15) is 0 Å². The zero-order valence-corrected chi connectivity index (χ0v) is 32.5. The van der Waals surface area contributed by atoms with E-state index in [1.807, 2.05) is 60.7 Å². The molecule has 0 heterocycles. The zero-order valence-electron chi connectivity index (χ0n) is 30.8. The quantitative estimate of drug-likeness (QED) is 0.0534. The molecule has 276 valence electrons. The van der Waals surface area contributed by atoms with Gasteiger partial charge in [-0.15, -0.1) is 0 Å². The Balaban J connectivity index is 1.24. The number of benzene rings is 4. The van der Waals surface area contributed by atoms with Crippen molar-refractivity contribution in [3.8, 4) is 11.5 Å². The number of fused-ring (bicyclic) bond motifs is 2. The molecule has 4 aromatic rings. The van der Waals surface area contributed by atoms with E-state index in [-0.39, 0.29) is 11.6 Å². The van der Waals surface area contributed by atoms with E-state index in [0.717, 1.165) is 47.0 Å². The molecule has 1 aliphatic rings. The number of carbonyl (C=O) groups is 2. The second kappa shape index (κ2) is 20.4. The monoisotopic (exact) mass is 738 g/mol. The molecule has 0 fully saturated rings. The molecular formula is C44H54N2O4S2. The summed E-state index contributed by atoms with van der Waals surface area (Å²) in [4.78, 5) is 31.2. The van der Waals surface area contributed by atoms with E-state index in [1.165, 1.54) is 87.7 Å². The van der Waals surface area contributed by atoms with Gasteiger partial charge in [0.15, 0.2) is 11.6 Å². The number of ether oxygens (including phenoxy) is 2. The Morgan fingerprint density at radius 1 is 0.481 bits per heavy atom. The summed E-state index contributed by atoms with van der Waals surface area (Å²) >= 11 is 2.78. The van der Waals surface area contributed by atoms with Crippen molar-refractivity contribution in [2.45, 2.75) is 123 Å². The summed E-state index contributed by atoms with van der Waals surface area (Å²) in [5.41, 5.74) is 15.7. The molecular weight excluding hydrogens is 685 g/mol. The van der Waals surface area contributed by atoms with Crippen LogP contribution in [0.15, 0.2) is 92.4 Å². The Hall–Kier alpha value is -3.88. The molecule has 0 atom stereocenters. The third-order valence-electron chi connectivity index (χ3n) is 9.43. The molecule has 4 N–H and O–H groups in total. The van der Waals surface area contributed by atoms with E-state index in [4.69, 9.17) is 20.9 Å².